The van der Waals surface area contributed by atoms with Crippen LogP contribution in [-0.2, 0) is 4.74 Å². The summed E-state index contributed by atoms with van der Waals surface area (Å²) in [5, 5.41) is 0. The van der Waals surface area contributed by atoms with E-state index in [-0.39, 0.29) is 0 Å². The SMILES string of the molecule is CC=CC=COC. The van der Waals surface area contributed by atoms with Crippen LogP contribution in [-0.4, -0.2) is 7.11 Å². The molecule has 0 rings (SSSR count). The standard InChI is InChI=1S/C6H10O/c1-3-4-5-6-7-2/h3-6H,1-2H3. The Hall–Kier alpha value is -0.720. The molecule has 0 fully saturated rings. The van der Waals surface area contributed by atoms with Crippen molar-refractivity contribution in [2.45, 2.75) is 6.92 Å². The van der Waals surface area contributed by atoms with Crippen LogP contribution in [0, 0.1) is 0 Å². The van der Waals surface area contributed by atoms with Crippen molar-refractivity contribution in [3.8, 4) is 0 Å². The van der Waals surface area contributed by atoms with E-state index < -0.39 is 0 Å². The largest absolute Gasteiger partial charge is 0.504 e. The Balaban J connectivity index is 3.09. The zero-order chi connectivity index (χ0) is 5.54. The van der Waals surface area contributed by atoms with Crippen molar-refractivity contribution in [3.05, 3.63) is 24.5 Å². The van der Waals surface area contributed by atoms with Crippen molar-refractivity contribution in [1.29, 1.82) is 0 Å². The van der Waals surface area contributed by atoms with E-state index in [0.717, 1.165) is 0 Å². The zero-order valence-corrected chi connectivity index (χ0v) is 4.72. The van der Waals surface area contributed by atoms with Gasteiger partial charge in [-0.2, -0.15) is 0 Å². The van der Waals surface area contributed by atoms with Gasteiger partial charge in [0, 0.05) is 0 Å². The molecule has 0 heterocycles. The van der Waals surface area contributed by atoms with E-state index in [2.05, 4.69) is 4.74 Å². The van der Waals surface area contributed by atoms with E-state index >= 15 is 0 Å². The van der Waals surface area contributed by atoms with Crippen molar-refractivity contribution < 1.29 is 4.74 Å². The van der Waals surface area contributed by atoms with Gasteiger partial charge >= 0.3 is 0 Å². The number of methoxy groups -OCH3 is 1. The highest BCUT2D eigenvalue weighted by atomic mass is 16.5. The van der Waals surface area contributed by atoms with Gasteiger partial charge in [-0.05, 0) is 13.0 Å². The first-order valence-electron chi connectivity index (χ1n) is 2.22. The first kappa shape index (κ1) is 6.28. The first-order chi connectivity index (χ1) is 3.41. The van der Waals surface area contributed by atoms with Crippen LogP contribution in [0.4, 0.5) is 0 Å². The molecule has 0 unspecified atom stereocenters. The average molecular weight is 98.1 g/mol. The third-order valence-corrected chi connectivity index (χ3v) is 0.518. The summed E-state index contributed by atoms with van der Waals surface area (Å²) in [7, 11) is 1.62. The van der Waals surface area contributed by atoms with Crippen LogP contribution in [0.3, 0.4) is 0 Å². The molecule has 0 amide bonds. The molecule has 0 N–H and O–H groups in total. The van der Waals surface area contributed by atoms with Gasteiger partial charge in [-0.15, -0.1) is 0 Å². The molecule has 0 aromatic carbocycles. The van der Waals surface area contributed by atoms with E-state index in [9.17, 15) is 0 Å². The molecule has 0 radical (unpaired) electrons. The smallest absolute Gasteiger partial charge is 0.0824 e. The van der Waals surface area contributed by atoms with Crippen LogP contribution in [0.5, 0.6) is 0 Å². The summed E-state index contributed by atoms with van der Waals surface area (Å²) in [6.07, 6.45) is 7.30. The maximum atomic E-state index is 4.61. The fraction of sp³-hybridized carbons (Fsp3) is 0.333. The quantitative estimate of drug-likeness (QED) is 0.377. The zero-order valence-electron chi connectivity index (χ0n) is 4.72. The number of rotatable bonds is 2. The maximum absolute atomic E-state index is 4.61. The summed E-state index contributed by atoms with van der Waals surface area (Å²) in [6, 6.07) is 0. The normalized spacial score (nSPS) is 11.1. The molecule has 40 valence electrons. The lowest BCUT2D eigenvalue weighted by molar-refractivity contribution is 0.338. The van der Waals surface area contributed by atoms with Gasteiger partial charge < -0.3 is 4.74 Å². The predicted octanol–water partition coefficient (Wildman–Crippen LogP) is 1.72. The Bertz CT molecular complexity index is 72.2. The Kier molecular flexibility index (Phi) is 4.74. The maximum Gasteiger partial charge on any atom is 0.0824 e. The average Bonchev–Trinajstić information content (AvgIpc) is 1.69. The van der Waals surface area contributed by atoms with Crippen LogP contribution in [0.15, 0.2) is 24.5 Å². The van der Waals surface area contributed by atoms with E-state index in [1.165, 1.54) is 0 Å². The third kappa shape index (κ3) is 5.28. The molecule has 0 saturated carbocycles. The molecule has 1 nitrogen and oxygen atoms in total. The monoisotopic (exact) mass is 98.1 g/mol. The van der Waals surface area contributed by atoms with Crippen LogP contribution in [0.1, 0.15) is 6.92 Å². The van der Waals surface area contributed by atoms with Gasteiger partial charge in [-0.3, -0.25) is 0 Å². The van der Waals surface area contributed by atoms with Gasteiger partial charge in [0.05, 0.1) is 13.4 Å². The van der Waals surface area contributed by atoms with Crippen LogP contribution < -0.4 is 0 Å². The topological polar surface area (TPSA) is 9.23 Å². The molecule has 1 heteroatoms. The second-order valence-electron chi connectivity index (χ2n) is 1.09. The summed E-state index contributed by atoms with van der Waals surface area (Å²) in [5.41, 5.74) is 0. The van der Waals surface area contributed by atoms with Crippen molar-refractivity contribution in [2.75, 3.05) is 7.11 Å². The van der Waals surface area contributed by atoms with Crippen LogP contribution in [0.2, 0.25) is 0 Å². The van der Waals surface area contributed by atoms with Crippen molar-refractivity contribution in [2.24, 2.45) is 0 Å². The lowest BCUT2D eigenvalue weighted by Gasteiger charge is -1.78. The lowest BCUT2D eigenvalue weighted by atomic mass is 10.5. The lowest BCUT2D eigenvalue weighted by Crippen LogP contribution is -1.59. The van der Waals surface area contributed by atoms with Crippen molar-refractivity contribution >= 4 is 0 Å². The molecule has 7 heavy (non-hydrogen) atoms. The van der Waals surface area contributed by atoms with Crippen LogP contribution >= 0.6 is 0 Å². The van der Waals surface area contributed by atoms with Gasteiger partial charge in [-0.1, -0.05) is 12.2 Å². The Labute approximate surface area is 44.3 Å². The molecular formula is C6H10O. The molecule has 0 aliphatic rings. The number of ether oxygens (including phenoxy) is 1. The minimum absolute atomic E-state index is 1.62. The number of hydrogen-bond acceptors (Lipinski definition) is 1. The van der Waals surface area contributed by atoms with Gasteiger partial charge in [0.15, 0.2) is 0 Å². The molecule has 0 atom stereocenters. The van der Waals surface area contributed by atoms with E-state index in [0.29, 0.717) is 0 Å². The summed E-state index contributed by atoms with van der Waals surface area (Å²) < 4.78 is 4.61. The van der Waals surface area contributed by atoms with Gasteiger partial charge in [0.2, 0.25) is 0 Å². The highest BCUT2D eigenvalue weighted by molar-refractivity contribution is 4.97. The Morgan fingerprint density at radius 3 is 2.43 bits per heavy atom. The molecule has 0 aromatic rings. The molecule has 0 spiro atoms. The second kappa shape index (κ2) is 5.28. The molecule has 0 aromatic heterocycles. The van der Waals surface area contributed by atoms with E-state index in [1.807, 2.05) is 25.2 Å². The fourth-order valence-electron chi connectivity index (χ4n) is 0.235. The summed E-state index contributed by atoms with van der Waals surface area (Å²) >= 11 is 0. The fourth-order valence-corrected chi connectivity index (χ4v) is 0.235. The summed E-state index contributed by atoms with van der Waals surface area (Å²) in [4.78, 5) is 0. The second-order valence-corrected chi connectivity index (χ2v) is 1.09. The highest BCUT2D eigenvalue weighted by Crippen LogP contribution is 1.74. The number of hydrogen-bond donors (Lipinski definition) is 0. The van der Waals surface area contributed by atoms with Gasteiger partial charge in [-0.25, -0.2) is 0 Å². The molecule has 0 aliphatic carbocycles. The summed E-state index contributed by atoms with van der Waals surface area (Å²) in [5.74, 6) is 0. The van der Waals surface area contributed by atoms with Gasteiger partial charge in [0.1, 0.15) is 0 Å². The van der Waals surface area contributed by atoms with Gasteiger partial charge in [0.25, 0.3) is 0 Å². The Morgan fingerprint density at radius 1 is 1.29 bits per heavy atom. The summed E-state index contributed by atoms with van der Waals surface area (Å²) in [6.45, 7) is 1.96. The van der Waals surface area contributed by atoms with Crippen molar-refractivity contribution in [3.63, 3.8) is 0 Å². The number of allylic oxidation sites excluding steroid dienone is 3. The highest BCUT2D eigenvalue weighted by Gasteiger charge is 1.55. The van der Waals surface area contributed by atoms with Crippen molar-refractivity contribution in [1.82, 2.24) is 0 Å². The molecule has 0 saturated heterocycles. The predicted molar refractivity (Wildman–Crippen MR) is 31.0 cm³/mol. The van der Waals surface area contributed by atoms with Crippen LogP contribution in [0.25, 0.3) is 0 Å². The third-order valence-electron chi connectivity index (χ3n) is 0.518. The molecule has 0 aliphatic heterocycles. The van der Waals surface area contributed by atoms with E-state index in [4.69, 9.17) is 0 Å². The minimum Gasteiger partial charge on any atom is -0.504 e. The molecule has 0 bridgehead atoms. The van der Waals surface area contributed by atoms with E-state index in [1.54, 1.807) is 13.4 Å². The first-order valence-corrected chi connectivity index (χ1v) is 2.22. The Morgan fingerprint density at radius 2 is 2.00 bits per heavy atom. The minimum atomic E-state index is 1.62. The molecular weight excluding hydrogens is 88.1 g/mol.